The van der Waals surface area contributed by atoms with Crippen molar-refractivity contribution in [3.05, 3.63) is 29.6 Å². The predicted octanol–water partition coefficient (Wildman–Crippen LogP) is 1.74. The zero-order valence-corrected chi connectivity index (χ0v) is 10.9. The van der Waals surface area contributed by atoms with E-state index >= 15 is 0 Å². The second-order valence-corrected chi connectivity index (χ2v) is 6.24. The minimum absolute atomic E-state index is 0.196. The number of carboxylic acids is 1. The van der Waals surface area contributed by atoms with Gasteiger partial charge in [-0.15, -0.1) is 0 Å². The molecule has 0 spiro atoms. The summed E-state index contributed by atoms with van der Waals surface area (Å²) >= 11 is 0. The number of carboxylic acid groups (broad SMARTS) is 1. The van der Waals surface area contributed by atoms with Crippen LogP contribution in [0.4, 0.5) is 4.39 Å². The molecule has 19 heavy (non-hydrogen) atoms. The fourth-order valence-electron chi connectivity index (χ4n) is 2.17. The van der Waals surface area contributed by atoms with Crippen LogP contribution in [0.2, 0.25) is 0 Å². The van der Waals surface area contributed by atoms with E-state index < -0.39 is 26.7 Å². The maximum Gasteiger partial charge on any atom is 0.335 e. The summed E-state index contributed by atoms with van der Waals surface area (Å²) in [4.78, 5) is 10.2. The third kappa shape index (κ3) is 3.10. The van der Waals surface area contributed by atoms with Crippen LogP contribution < -0.4 is 4.72 Å². The van der Waals surface area contributed by atoms with Crippen LogP contribution in [0.3, 0.4) is 0 Å². The molecule has 1 aromatic carbocycles. The lowest BCUT2D eigenvalue weighted by atomic mass is 10.2. The number of aromatic carboxylic acids is 1. The molecule has 1 saturated carbocycles. The highest BCUT2D eigenvalue weighted by Gasteiger charge is 2.26. The Hall–Kier alpha value is -1.47. The molecule has 0 heterocycles. The molecule has 1 aliphatic rings. The highest BCUT2D eigenvalue weighted by Crippen LogP contribution is 2.22. The average molecular weight is 287 g/mol. The molecular formula is C12H14FNO4S. The second kappa shape index (κ2) is 5.26. The van der Waals surface area contributed by atoms with Crippen LogP contribution in [0.1, 0.15) is 36.0 Å². The number of sulfonamides is 1. The van der Waals surface area contributed by atoms with Gasteiger partial charge in [-0.25, -0.2) is 22.3 Å². The van der Waals surface area contributed by atoms with Gasteiger partial charge in [0.25, 0.3) is 0 Å². The van der Waals surface area contributed by atoms with Gasteiger partial charge in [0, 0.05) is 6.04 Å². The van der Waals surface area contributed by atoms with E-state index in [1.54, 1.807) is 0 Å². The lowest BCUT2D eigenvalue weighted by Gasteiger charge is -2.13. The molecule has 0 unspecified atom stereocenters. The molecule has 0 radical (unpaired) electrons. The highest BCUT2D eigenvalue weighted by atomic mass is 32.2. The summed E-state index contributed by atoms with van der Waals surface area (Å²) in [5, 5.41) is 8.81. The summed E-state index contributed by atoms with van der Waals surface area (Å²) in [5.74, 6) is -2.24. The third-order valence-electron chi connectivity index (χ3n) is 3.14. The van der Waals surface area contributed by atoms with Crippen LogP contribution >= 0.6 is 0 Å². The second-order valence-electron chi connectivity index (χ2n) is 4.55. The molecule has 0 amide bonds. The van der Waals surface area contributed by atoms with Gasteiger partial charge in [0.1, 0.15) is 10.7 Å². The quantitative estimate of drug-likeness (QED) is 0.883. The van der Waals surface area contributed by atoms with E-state index in [2.05, 4.69) is 4.72 Å². The SMILES string of the molecule is O=C(O)c1ccc(F)c(S(=O)(=O)NC2CCCC2)c1. The van der Waals surface area contributed by atoms with Crippen LogP contribution in [0.5, 0.6) is 0 Å². The zero-order valence-electron chi connectivity index (χ0n) is 10.1. The first-order chi connectivity index (χ1) is 8.90. The lowest BCUT2D eigenvalue weighted by molar-refractivity contribution is 0.0696. The summed E-state index contributed by atoms with van der Waals surface area (Å²) in [6.45, 7) is 0. The first-order valence-corrected chi connectivity index (χ1v) is 7.43. The highest BCUT2D eigenvalue weighted by molar-refractivity contribution is 7.89. The largest absolute Gasteiger partial charge is 0.478 e. The summed E-state index contributed by atoms with van der Waals surface area (Å²) in [6, 6.07) is 2.53. The molecule has 104 valence electrons. The fourth-order valence-corrected chi connectivity index (χ4v) is 3.58. The number of benzene rings is 1. The first kappa shape index (κ1) is 14.0. The van der Waals surface area contributed by atoms with E-state index in [-0.39, 0.29) is 11.6 Å². The first-order valence-electron chi connectivity index (χ1n) is 5.95. The van der Waals surface area contributed by atoms with Crippen LogP contribution in [0.25, 0.3) is 0 Å². The smallest absolute Gasteiger partial charge is 0.335 e. The van der Waals surface area contributed by atoms with Gasteiger partial charge in [-0.3, -0.25) is 0 Å². The van der Waals surface area contributed by atoms with Crippen LogP contribution in [0.15, 0.2) is 23.1 Å². The maximum absolute atomic E-state index is 13.6. The van der Waals surface area contributed by atoms with E-state index in [0.717, 1.165) is 43.9 Å². The van der Waals surface area contributed by atoms with Gasteiger partial charge in [0.2, 0.25) is 10.0 Å². The molecule has 1 aromatic rings. The minimum Gasteiger partial charge on any atom is -0.478 e. The normalized spacial score (nSPS) is 16.7. The number of carbonyl (C=O) groups is 1. The van der Waals surface area contributed by atoms with Crippen LogP contribution in [-0.2, 0) is 10.0 Å². The molecule has 0 aliphatic heterocycles. The van der Waals surface area contributed by atoms with Crippen molar-refractivity contribution >= 4 is 16.0 Å². The molecule has 0 bridgehead atoms. The van der Waals surface area contributed by atoms with Crippen molar-refractivity contribution in [3.8, 4) is 0 Å². The van der Waals surface area contributed by atoms with E-state index in [1.165, 1.54) is 0 Å². The van der Waals surface area contributed by atoms with Gasteiger partial charge in [0.05, 0.1) is 5.56 Å². The number of halogens is 1. The van der Waals surface area contributed by atoms with Crippen molar-refractivity contribution in [1.29, 1.82) is 0 Å². The van der Waals surface area contributed by atoms with Gasteiger partial charge in [0.15, 0.2) is 0 Å². The average Bonchev–Trinajstić information content (AvgIpc) is 2.81. The van der Waals surface area contributed by atoms with Gasteiger partial charge < -0.3 is 5.11 Å². The Morgan fingerprint density at radius 2 is 1.95 bits per heavy atom. The Balaban J connectivity index is 2.33. The monoisotopic (exact) mass is 287 g/mol. The molecule has 0 saturated heterocycles. The standard InChI is InChI=1S/C12H14FNO4S/c13-10-6-5-8(12(15)16)7-11(10)19(17,18)14-9-3-1-2-4-9/h5-7,9,14H,1-4H2,(H,15,16). The molecule has 5 nitrogen and oxygen atoms in total. The Morgan fingerprint density at radius 1 is 1.32 bits per heavy atom. The minimum atomic E-state index is -4.02. The zero-order chi connectivity index (χ0) is 14.0. The van der Waals surface area contributed by atoms with Gasteiger partial charge in [-0.05, 0) is 31.0 Å². The Morgan fingerprint density at radius 3 is 2.53 bits per heavy atom. The van der Waals surface area contributed by atoms with Crippen molar-refractivity contribution in [1.82, 2.24) is 4.72 Å². The van der Waals surface area contributed by atoms with E-state index in [0.29, 0.717) is 0 Å². The van der Waals surface area contributed by atoms with Crippen molar-refractivity contribution in [2.24, 2.45) is 0 Å². The van der Waals surface area contributed by atoms with Crippen LogP contribution in [-0.4, -0.2) is 25.5 Å². The maximum atomic E-state index is 13.6. The van der Waals surface area contributed by atoms with E-state index in [1.807, 2.05) is 0 Å². The molecule has 0 atom stereocenters. The summed E-state index contributed by atoms with van der Waals surface area (Å²) in [7, 11) is -4.02. The van der Waals surface area contributed by atoms with Crippen LogP contribution in [0, 0.1) is 5.82 Å². The molecule has 7 heteroatoms. The molecule has 0 aromatic heterocycles. The molecule has 1 aliphatic carbocycles. The topological polar surface area (TPSA) is 83.5 Å². The molecular weight excluding hydrogens is 273 g/mol. The van der Waals surface area contributed by atoms with Gasteiger partial charge in [-0.1, -0.05) is 12.8 Å². The lowest BCUT2D eigenvalue weighted by Crippen LogP contribution is -2.33. The Kier molecular flexibility index (Phi) is 3.86. The summed E-state index contributed by atoms with van der Waals surface area (Å²) in [5.41, 5.74) is -0.256. The number of nitrogens with one attached hydrogen (secondary N) is 1. The van der Waals surface area contributed by atoms with Crippen molar-refractivity contribution < 1.29 is 22.7 Å². The Labute approximate surface area is 110 Å². The molecule has 1 fully saturated rings. The summed E-state index contributed by atoms with van der Waals surface area (Å²) in [6.07, 6.45) is 3.31. The molecule has 2 rings (SSSR count). The predicted molar refractivity (Wildman–Crippen MR) is 65.9 cm³/mol. The number of hydrogen-bond acceptors (Lipinski definition) is 3. The molecule has 2 N–H and O–H groups in total. The van der Waals surface area contributed by atoms with Crippen molar-refractivity contribution in [2.75, 3.05) is 0 Å². The summed E-state index contributed by atoms with van der Waals surface area (Å²) < 4.78 is 40.1. The Bertz CT molecular complexity index is 594. The van der Waals surface area contributed by atoms with E-state index in [4.69, 9.17) is 5.11 Å². The van der Waals surface area contributed by atoms with Crippen molar-refractivity contribution in [2.45, 2.75) is 36.6 Å². The number of hydrogen-bond donors (Lipinski definition) is 2. The number of rotatable bonds is 4. The van der Waals surface area contributed by atoms with E-state index in [9.17, 15) is 17.6 Å². The van der Waals surface area contributed by atoms with Gasteiger partial charge in [-0.2, -0.15) is 0 Å². The third-order valence-corrected chi connectivity index (χ3v) is 4.68. The van der Waals surface area contributed by atoms with Crippen molar-refractivity contribution in [3.63, 3.8) is 0 Å². The fraction of sp³-hybridized carbons (Fsp3) is 0.417. The van der Waals surface area contributed by atoms with Gasteiger partial charge >= 0.3 is 5.97 Å².